The van der Waals surface area contributed by atoms with Gasteiger partial charge in [0.25, 0.3) is 0 Å². The molecular weight excluding hydrogens is 190 g/mol. The Bertz CT molecular complexity index is 246. The van der Waals surface area contributed by atoms with Gasteiger partial charge in [-0.3, -0.25) is 0 Å². The number of rotatable bonds is 1. The lowest BCUT2D eigenvalue weighted by Gasteiger charge is -1.94. The van der Waals surface area contributed by atoms with Crippen molar-refractivity contribution in [2.24, 2.45) is 5.73 Å². The van der Waals surface area contributed by atoms with E-state index in [2.05, 4.69) is 22.5 Å². The van der Waals surface area contributed by atoms with E-state index in [1.165, 1.54) is 11.3 Å². The van der Waals surface area contributed by atoms with Crippen LogP contribution in [0.5, 0.6) is 0 Å². The van der Waals surface area contributed by atoms with Gasteiger partial charge in [-0.2, -0.15) is 0 Å². The number of nitrogens with two attached hydrogens (primary N) is 1. The maximum absolute atomic E-state index is 5.53. The first kappa shape index (κ1) is 7.71. The Morgan fingerprint density at radius 2 is 2.60 bits per heavy atom. The van der Waals surface area contributed by atoms with E-state index in [1.807, 2.05) is 0 Å². The van der Waals surface area contributed by atoms with E-state index in [4.69, 9.17) is 17.3 Å². The van der Waals surface area contributed by atoms with Crippen LogP contribution in [0.25, 0.3) is 0 Å². The molecule has 6 heteroatoms. The molecule has 0 unspecified atom stereocenters. The number of hydrogen-bond donors (Lipinski definition) is 2. The zero-order chi connectivity index (χ0) is 7.56. The summed E-state index contributed by atoms with van der Waals surface area (Å²) in [6.45, 7) is 0. The van der Waals surface area contributed by atoms with Crippen molar-refractivity contribution in [1.82, 2.24) is 4.98 Å². The van der Waals surface area contributed by atoms with Crippen molar-refractivity contribution < 1.29 is 0 Å². The minimum Gasteiger partial charge on any atom is -0.376 e. The number of hydrogen-bond acceptors (Lipinski definition) is 3. The van der Waals surface area contributed by atoms with E-state index in [-0.39, 0.29) is 5.11 Å². The molecule has 0 bridgehead atoms. The van der Waals surface area contributed by atoms with Crippen LogP contribution in [-0.2, 0) is 0 Å². The van der Waals surface area contributed by atoms with Crippen LogP contribution < -0.4 is 11.1 Å². The second-order valence-corrected chi connectivity index (χ2v) is 3.52. The normalized spacial score (nSPS) is 9.30. The van der Waals surface area contributed by atoms with Gasteiger partial charge < -0.3 is 11.1 Å². The predicted octanol–water partition coefficient (Wildman–Crippen LogP) is 1.45. The molecule has 0 aliphatic carbocycles. The fraction of sp³-hybridized carbons (Fsp3) is 0. The molecule has 0 aliphatic heterocycles. The molecule has 0 aliphatic rings. The first-order valence-electron chi connectivity index (χ1n) is 2.36. The molecule has 0 fully saturated rings. The molecule has 1 heterocycles. The Balaban J connectivity index is 2.67. The van der Waals surface area contributed by atoms with Gasteiger partial charge in [-0.1, -0.05) is 22.9 Å². The standard InChI is InChI=1S/C4H4ClN3S2/c5-3-7-1-2(10-3)8-4(6)9/h1H,(H3,6,8,9). The van der Waals surface area contributed by atoms with E-state index >= 15 is 0 Å². The molecule has 10 heavy (non-hydrogen) atoms. The summed E-state index contributed by atoms with van der Waals surface area (Å²) in [4.78, 5) is 3.78. The number of aromatic nitrogens is 1. The van der Waals surface area contributed by atoms with Crippen molar-refractivity contribution in [3.63, 3.8) is 0 Å². The molecule has 0 atom stereocenters. The molecule has 3 nitrogen and oxygen atoms in total. The summed E-state index contributed by atoms with van der Waals surface area (Å²) in [5.74, 6) is 0. The number of thiazole rings is 1. The van der Waals surface area contributed by atoms with E-state index in [0.29, 0.717) is 4.47 Å². The number of thiocarbonyl (C=S) groups is 1. The lowest BCUT2D eigenvalue weighted by Crippen LogP contribution is -2.17. The van der Waals surface area contributed by atoms with E-state index < -0.39 is 0 Å². The minimum absolute atomic E-state index is 0.223. The van der Waals surface area contributed by atoms with Crippen LogP contribution in [-0.4, -0.2) is 10.1 Å². The fourth-order valence-corrected chi connectivity index (χ4v) is 1.46. The topological polar surface area (TPSA) is 50.9 Å². The number of nitrogens with zero attached hydrogens (tertiary/aromatic N) is 1. The average Bonchev–Trinajstić information content (AvgIpc) is 2.13. The maximum atomic E-state index is 5.53. The van der Waals surface area contributed by atoms with Crippen molar-refractivity contribution >= 4 is 45.3 Å². The highest BCUT2D eigenvalue weighted by atomic mass is 35.5. The van der Waals surface area contributed by atoms with Gasteiger partial charge in [0.15, 0.2) is 9.58 Å². The van der Waals surface area contributed by atoms with Crippen LogP contribution in [0.3, 0.4) is 0 Å². The Morgan fingerprint density at radius 3 is 3.00 bits per heavy atom. The summed E-state index contributed by atoms with van der Waals surface area (Å²) < 4.78 is 0.471. The first-order valence-corrected chi connectivity index (χ1v) is 3.96. The summed E-state index contributed by atoms with van der Waals surface area (Å²) >= 11 is 11.4. The monoisotopic (exact) mass is 193 g/mol. The van der Waals surface area contributed by atoms with Crippen LogP contribution >= 0.6 is 35.2 Å². The number of halogens is 1. The number of anilines is 1. The van der Waals surface area contributed by atoms with Crippen molar-refractivity contribution in [1.29, 1.82) is 0 Å². The summed E-state index contributed by atoms with van der Waals surface area (Å²) in [6.07, 6.45) is 1.58. The Labute approximate surface area is 72.2 Å². The molecule has 0 radical (unpaired) electrons. The molecule has 0 saturated heterocycles. The van der Waals surface area contributed by atoms with E-state index in [0.717, 1.165) is 5.00 Å². The Morgan fingerprint density at radius 1 is 1.90 bits per heavy atom. The molecule has 0 spiro atoms. The van der Waals surface area contributed by atoms with Crippen LogP contribution in [0, 0.1) is 0 Å². The van der Waals surface area contributed by atoms with Gasteiger partial charge in [0.1, 0.15) is 5.00 Å². The third-order valence-corrected chi connectivity index (χ3v) is 1.86. The third-order valence-electron chi connectivity index (χ3n) is 0.724. The highest BCUT2D eigenvalue weighted by Gasteiger charge is 1.97. The highest BCUT2D eigenvalue weighted by molar-refractivity contribution is 7.80. The maximum Gasteiger partial charge on any atom is 0.185 e. The summed E-state index contributed by atoms with van der Waals surface area (Å²) in [5, 5.41) is 3.69. The predicted molar refractivity (Wildman–Crippen MR) is 47.5 cm³/mol. The lowest BCUT2D eigenvalue weighted by atomic mass is 10.8. The van der Waals surface area contributed by atoms with Crippen molar-refractivity contribution in [3.8, 4) is 0 Å². The van der Waals surface area contributed by atoms with Crippen molar-refractivity contribution in [3.05, 3.63) is 10.7 Å². The first-order chi connectivity index (χ1) is 4.68. The van der Waals surface area contributed by atoms with Gasteiger partial charge in [0, 0.05) is 0 Å². The van der Waals surface area contributed by atoms with Crippen molar-refractivity contribution in [2.45, 2.75) is 0 Å². The zero-order valence-electron chi connectivity index (χ0n) is 4.80. The second kappa shape index (κ2) is 3.14. The second-order valence-electron chi connectivity index (χ2n) is 1.47. The molecular formula is C4H4ClN3S2. The summed E-state index contributed by atoms with van der Waals surface area (Å²) in [5.41, 5.74) is 5.19. The summed E-state index contributed by atoms with van der Waals surface area (Å²) in [6, 6.07) is 0. The van der Waals surface area contributed by atoms with E-state index in [1.54, 1.807) is 6.20 Å². The molecule has 1 rings (SSSR count). The minimum atomic E-state index is 0.223. The third kappa shape index (κ3) is 2.09. The smallest absolute Gasteiger partial charge is 0.185 e. The van der Waals surface area contributed by atoms with Gasteiger partial charge in [0.05, 0.1) is 6.20 Å². The van der Waals surface area contributed by atoms with Gasteiger partial charge in [-0.25, -0.2) is 4.98 Å². The molecule has 1 aromatic rings. The van der Waals surface area contributed by atoms with Crippen LogP contribution in [0.2, 0.25) is 4.47 Å². The average molecular weight is 194 g/mol. The number of nitrogens with one attached hydrogen (secondary N) is 1. The molecule has 54 valence electrons. The molecule has 0 aromatic carbocycles. The molecule has 0 saturated carbocycles. The van der Waals surface area contributed by atoms with Gasteiger partial charge >= 0.3 is 0 Å². The van der Waals surface area contributed by atoms with E-state index in [9.17, 15) is 0 Å². The lowest BCUT2D eigenvalue weighted by molar-refractivity contribution is 1.42. The Hall–Kier alpha value is -0.390. The quantitative estimate of drug-likeness (QED) is 0.663. The SMILES string of the molecule is NC(=S)Nc1cnc(Cl)s1. The van der Waals surface area contributed by atoms with Gasteiger partial charge in [-0.15, -0.1) is 0 Å². The molecule has 1 aromatic heterocycles. The molecule has 0 amide bonds. The van der Waals surface area contributed by atoms with Crippen LogP contribution in [0.1, 0.15) is 0 Å². The fourth-order valence-electron chi connectivity index (χ4n) is 0.432. The zero-order valence-corrected chi connectivity index (χ0v) is 7.19. The van der Waals surface area contributed by atoms with Crippen LogP contribution in [0.4, 0.5) is 5.00 Å². The Kier molecular flexibility index (Phi) is 2.42. The summed E-state index contributed by atoms with van der Waals surface area (Å²) in [7, 11) is 0. The van der Waals surface area contributed by atoms with Crippen LogP contribution in [0.15, 0.2) is 6.20 Å². The van der Waals surface area contributed by atoms with Gasteiger partial charge in [-0.05, 0) is 12.2 Å². The van der Waals surface area contributed by atoms with Gasteiger partial charge in [0.2, 0.25) is 0 Å². The van der Waals surface area contributed by atoms with Crippen molar-refractivity contribution in [2.75, 3.05) is 5.32 Å². The largest absolute Gasteiger partial charge is 0.376 e. The highest BCUT2D eigenvalue weighted by Crippen LogP contribution is 2.21. The molecule has 3 N–H and O–H groups in total.